The number of benzene rings is 2. The molecule has 8 nitrogen and oxygen atoms in total. The minimum atomic E-state index is -3.71. The highest BCUT2D eigenvalue weighted by atomic mass is 35.5. The van der Waals surface area contributed by atoms with E-state index in [2.05, 4.69) is 15.5 Å². The van der Waals surface area contributed by atoms with Gasteiger partial charge < -0.3 is 4.74 Å². The number of carbonyl (C=O) groups excluding carboxylic acids is 1. The van der Waals surface area contributed by atoms with E-state index in [0.29, 0.717) is 21.5 Å². The number of nitrogens with one attached hydrogen (secondary N) is 1. The van der Waals surface area contributed by atoms with Crippen molar-refractivity contribution in [1.29, 1.82) is 0 Å². The first-order valence-electron chi connectivity index (χ1n) is 8.69. The first kappa shape index (κ1) is 22.0. The molecular formula is C19H19ClN4O4S2. The lowest BCUT2D eigenvalue weighted by molar-refractivity contribution is -0.114. The monoisotopic (exact) mass is 466 g/mol. The standard InChI is InChI=1S/C19H19ClN4O4S2/c1-12-4-7-14(10-16(12)20)24(30(3,26)27)11-17(25)21-19-23-22-18(29-19)13-5-8-15(28-2)9-6-13/h4-10H,11H2,1-3H3,(H,21,23,25). The molecule has 1 aromatic heterocycles. The van der Waals surface area contributed by atoms with E-state index < -0.39 is 22.5 Å². The number of carbonyl (C=O) groups is 1. The van der Waals surface area contributed by atoms with Crippen LogP contribution in [0.25, 0.3) is 10.6 Å². The highest BCUT2D eigenvalue weighted by molar-refractivity contribution is 7.92. The molecule has 30 heavy (non-hydrogen) atoms. The van der Waals surface area contributed by atoms with Gasteiger partial charge in [-0.15, -0.1) is 10.2 Å². The summed E-state index contributed by atoms with van der Waals surface area (Å²) in [6.45, 7) is 1.38. The van der Waals surface area contributed by atoms with E-state index in [-0.39, 0.29) is 5.13 Å². The Balaban J connectivity index is 1.74. The van der Waals surface area contributed by atoms with Gasteiger partial charge in [0, 0.05) is 10.6 Å². The summed E-state index contributed by atoms with van der Waals surface area (Å²) in [6.07, 6.45) is 1.03. The molecular weight excluding hydrogens is 448 g/mol. The summed E-state index contributed by atoms with van der Waals surface area (Å²) in [6, 6.07) is 12.1. The van der Waals surface area contributed by atoms with Crippen molar-refractivity contribution in [3.05, 3.63) is 53.1 Å². The van der Waals surface area contributed by atoms with Crippen LogP contribution in [0.2, 0.25) is 5.02 Å². The molecule has 1 heterocycles. The Labute approximate surface area is 183 Å². The predicted molar refractivity (Wildman–Crippen MR) is 119 cm³/mol. The van der Waals surface area contributed by atoms with Gasteiger partial charge in [-0.2, -0.15) is 0 Å². The van der Waals surface area contributed by atoms with Crippen molar-refractivity contribution in [2.45, 2.75) is 6.92 Å². The van der Waals surface area contributed by atoms with Gasteiger partial charge in [-0.25, -0.2) is 8.42 Å². The van der Waals surface area contributed by atoms with Crippen LogP contribution in [0.5, 0.6) is 5.75 Å². The second-order valence-corrected chi connectivity index (χ2v) is 9.68. The first-order valence-corrected chi connectivity index (χ1v) is 11.7. The maximum atomic E-state index is 12.5. The average molecular weight is 467 g/mol. The van der Waals surface area contributed by atoms with Gasteiger partial charge in [0.1, 0.15) is 17.3 Å². The molecule has 0 fully saturated rings. The van der Waals surface area contributed by atoms with Crippen molar-refractivity contribution in [2.75, 3.05) is 29.5 Å². The molecule has 0 saturated carbocycles. The van der Waals surface area contributed by atoms with Crippen LogP contribution in [-0.4, -0.2) is 44.4 Å². The Morgan fingerprint density at radius 1 is 1.20 bits per heavy atom. The van der Waals surface area contributed by atoms with E-state index in [0.717, 1.165) is 21.7 Å². The number of halogens is 1. The fourth-order valence-electron chi connectivity index (χ4n) is 2.55. The van der Waals surface area contributed by atoms with E-state index in [1.165, 1.54) is 17.4 Å². The molecule has 11 heteroatoms. The maximum Gasteiger partial charge on any atom is 0.246 e. The van der Waals surface area contributed by atoms with Crippen LogP contribution in [0, 0.1) is 6.92 Å². The third-order valence-corrected chi connectivity index (χ3v) is 6.57. The van der Waals surface area contributed by atoms with Crippen molar-refractivity contribution in [3.8, 4) is 16.3 Å². The summed E-state index contributed by atoms with van der Waals surface area (Å²) in [7, 11) is -2.13. The van der Waals surface area contributed by atoms with Gasteiger partial charge in [0.05, 0.1) is 19.1 Å². The van der Waals surface area contributed by atoms with Crippen molar-refractivity contribution >= 4 is 49.7 Å². The fourth-order valence-corrected chi connectivity index (χ4v) is 4.34. The minimum Gasteiger partial charge on any atom is -0.497 e. The van der Waals surface area contributed by atoms with E-state index >= 15 is 0 Å². The summed E-state index contributed by atoms with van der Waals surface area (Å²) in [4.78, 5) is 12.5. The first-order chi connectivity index (χ1) is 14.2. The van der Waals surface area contributed by atoms with Crippen LogP contribution < -0.4 is 14.4 Å². The predicted octanol–water partition coefficient (Wildman–Crippen LogP) is 3.58. The van der Waals surface area contributed by atoms with Crippen molar-refractivity contribution < 1.29 is 17.9 Å². The molecule has 0 spiro atoms. The fraction of sp³-hybridized carbons (Fsp3) is 0.211. The van der Waals surface area contributed by atoms with Gasteiger partial charge in [-0.05, 0) is 48.9 Å². The largest absolute Gasteiger partial charge is 0.497 e. The third kappa shape index (κ3) is 5.26. The zero-order chi connectivity index (χ0) is 21.9. The Morgan fingerprint density at radius 2 is 1.90 bits per heavy atom. The highest BCUT2D eigenvalue weighted by Crippen LogP contribution is 2.28. The van der Waals surface area contributed by atoms with Gasteiger partial charge in [0.25, 0.3) is 0 Å². The molecule has 0 aliphatic carbocycles. The van der Waals surface area contributed by atoms with Crippen LogP contribution in [0.4, 0.5) is 10.8 Å². The number of nitrogens with zero attached hydrogens (tertiary/aromatic N) is 3. The topological polar surface area (TPSA) is 101 Å². The molecule has 0 bridgehead atoms. The van der Waals surface area contributed by atoms with Crippen LogP contribution in [0.3, 0.4) is 0 Å². The molecule has 0 unspecified atom stereocenters. The summed E-state index contributed by atoms with van der Waals surface area (Å²) < 4.78 is 30.6. The zero-order valence-corrected chi connectivity index (χ0v) is 18.8. The molecule has 0 aliphatic rings. The SMILES string of the molecule is COc1ccc(-c2nnc(NC(=O)CN(c3ccc(C)c(Cl)c3)S(C)(=O)=O)s2)cc1. The minimum absolute atomic E-state index is 0.265. The summed E-state index contributed by atoms with van der Waals surface area (Å²) >= 11 is 7.29. The molecule has 0 saturated heterocycles. The molecule has 0 radical (unpaired) electrons. The number of anilines is 2. The number of amides is 1. The zero-order valence-electron chi connectivity index (χ0n) is 16.4. The quantitative estimate of drug-likeness (QED) is 0.571. The summed E-state index contributed by atoms with van der Waals surface area (Å²) in [5, 5.41) is 11.9. The lowest BCUT2D eigenvalue weighted by Crippen LogP contribution is -2.37. The van der Waals surface area contributed by atoms with Gasteiger partial charge in [0.2, 0.25) is 21.1 Å². The summed E-state index contributed by atoms with van der Waals surface area (Å²) in [5.41, 5.74) is 1.93. The van der Waals surface area contributed by atoms with Crippen molar-refractivity contribution in [2.24, 2.45) is 0 Å². The number of rotatable bonds is 7. The normalized spacial score (nSPS) is 11.2. The lowest BCUT2D eigenvalue weighted by atomic mass is 10.2. The second-order valence-electron chi connectivity index (χ2n) is 6.39. The van der Waals surface area contributed by atoms with E-state index in [1.807, 2.05) is 12.1 Å². The molecule has 0 atom stereocenters. The van der Waals surface area contributed by atoms with Crippen LogP contribution in [-0.2, 0) is 14.8 Å². The molecule has 3 rings (SSSR count). The third-order valence-electron chi connectivity index (χ3n) is 4.14. The second kappa shape index (κ2) is 8.99. The number of hydrogen-bond donors (Lipinski definition) is 1. The molecule has 2 aromatic carbocycles. The molecule has 158 valence electrons. The average Bonchev–Trinajstić information content (AvgIpc) is 3.16. The number of hydrogen-bond acceptors (Lipinski definition) is 7. The van der Waals surface area contributed by atoms with Crippen LogP contribution >= 0.6 is 22.9 Å². The Hall–Kier alpha value is -2.69. The number of methoxy groups -OCH3 is 1. The molecule has 0 aliphatic heterocycles. The van der Waals surface area contributed by atoms with Gasteiger partial charge in [0.15, 0.2) is 0 Å². The van der Waals surface area contributed by atoms with Gasteiger partial charge >= 0.3 is 0 Å². The Bertz CT molecular complexity index is 1160. The Kier molecular flexibility index (Phi) is 6.59. The number of ether oxygens (including phenoxy) is 1. The van der Waals surface area contributed by atoms with Gasteiger partial charge in [-0.1, -0.05) is 29.0 Å². The highest BCUT2D eigenvalue weighted by Gasteiger charge is 2.22. The van der Waals surface area contributed by atoms with E-state index in [4.69, 9.17) is 16.3 Å². The molecule has 1 N–H and O–H groups in total. The van der Waals surface area contributed by atoms with Gasteiger partial charge in [-0.3, -0.25) is 14.4 Å². The van der Waals surface area contributed by atoms with E-state index in [1.54, 1.807) is 38.3 Å². The van der Waals surface area contributed by atoms with Crippen molar-refractivity contribution in [3.63, 3.8) is 0 Å². The lowest BCUT2D eigenvalue weighted by Gasteiger charge is -2.22. The molecule has 1 amide bonds. The Morgan fingerprint density at radius 3 is 2.50 bits per heavy atom. The number of sulfonamides is 1. The van der Waals surface area contributed by atoms with Crippen LogP contribution in [0.1, 0.15) is 5.56 Å². The van der Waals surface area contributed by atoms with Crippen LogP contribution in [0.15, 0.2) is 42.5 Å². The van der Waals surface area contributed by atoms with Crippen molar-refractivity contribution in [1.82, 2.24) is 10.2 Å². The number of aryl methyl sites for hydroxylation is 1. The smallest absolute Gasteiger partial charge is 0.246 e. The maximum absolute atomic E-state index is 12.5. The van der Waals surface area contributed by atoms with E-state index in [9.17, 15) is 13.2 Å². The summed E-state index contributed by atoms with van der Waals surface area (Å²) in [5.74, 6) is 0.170. The molecule has 3 aromatic rings. The number of aromatic nitrogens is 2.